The molecule has 0 aliphatic rings. The highest BCUT2D eigenvalue weighted by atomic mass is 19.2. The Morgan fingerprint density at radius 1 is 0.808 bits per heavy atom. The largest absolute Gasteiger partial charge is 0.204 e. The van der Waals surface area contributed by atoms with Crippen LogP contribution in [0.25, 0.3) is 10.8 Å². The molecular formula is C22H14F4. The van der Waals surface area contributed by atoms with Gasteiger partial charge in [-0.2, -0.15) is 0 Å². The monoisotopic (exact) mass is 354 g/mol. The lowest BCUT2D eigenvalue weighted by atomic mass is 10.0. The van der Waals surface area contributed by atoms with Crippen LogP contribution in [-0.2, 0) is 6.42 Å². The standard InChI is InChI=1S/C22H14F4/c1-2-3-4-15-9-10-16(22(26)21(15)25)7-5-14-6-8-17-12-19(23)20(24)13-18(17)11-14/h2,6,8-13H,1,3-4H2. The number of fused-ring (bicyclic) bond motifs is 1. The molecule has 0 amide bonds. The lowest BCUT2D eigenvalue weighted by Gasteiger charge is -2.04. The normalized spacial score (nSPS) is 10.5. The molecule has 3 aromatic rings. The third-order valence-corrected chi connectivity index (χ3v) is 4.00. The Hall–Kier alpha value is -3.06. The van der Waals surface area contributed by atoms with Gasteiger partial charge in [-0.25, -0.2) is 17.6 Å². The van der Waals surface area contributed by atoms with Crippen LogP contribution in [-0.4, -0.2) is 0 Å². The first-order chi connectivity index (χ1) is 12.5. The Kier molecular flexibility index (Phi) is 5.09. The van der Waals surface area contributed by atoms with Crippen molar-refractivity contribution >= 4 is 10.8 Å². The average molecular weight is 354 g/mol. The van der Waals surface area contributed by atoms with Crippen LogP contribution in [0.3, 0.4) is 0 Å². The van der Waals surface area contributed by atoms with E-state index < -0.39 is 23.3 Å². The number of hydrogen-bond acceptors (Lipinski definition) is 0. The van der Waals surface area contributed by atoms with Crippen LogP contribution < -0.4 is 0 Å². The van der Waals surface area contributed by atoms with Crippen LogP contribution in [0.4, 0.5) is 17.6 Å². The van der Waals surface area contributed by atoms with Gasteiger partial charge >= 0.3 is 0 Å². The molecule has 0 aromatic heterocycles. The molecular weight excluding hydrogens is 340 g/mol. The van der Waals surface area contributed by atoms with Crippen molar-refractivity contribution in [3.05, 3.63) is 95.1 Å². The first-order valence-corrected chi connectivity index (χ1v) is 7.98. The van der Waals surface area contributed by atoms with E-state index in [1.165, 1.54) is 12.1 Å². The second-order valence-electron chi connectivity index (χ2n) is 5.81. The van der Waals surface area contributed by atoms with Gasteiger partial charge in [0.25, 0.3) is 0 Å². The third kappa shape index (κ3) is 3.62. The lowest BCUT2D eigenvalue weighted by molar-refractivity contribution is 0.497. The topological polar surface area (TPSA) is 0 Å². The quantitative estimate of drug-likeness (QED) is 0.311. The van der Waals surface area contributed by atoms with Gasteiger partial charge in [0.15, 0.2) is 23.3 Å². The molecule has 0 aliphatic heterocycles. The van der Waals surface area contributed by atoms with Crippen molar-refractivity contribution in [1.29, 1.82) is 0 Å². The van der Waals surface area contributed by atoms with E-state index >= 15 is 0 Å². The fourth-order valence-corrected chi connectivity index (χ4v) is 2.60. The van der Waals surface area contributed by atoms with Gasteiger partial charge in [0.2, 0.25) is 0 Å². The van der Waals surface area contributed by atoms with Crippen molar-refractivity contribution in [2.24, 2.45) is 0 Å². The van der Waals surface area contributed by atoms with Crippen molar-refractivity contribution in [3.8, 4) is 11.8 Å². The molecule has 0 radical (unpaired) electrons. The summed E-state index contributed by atoms with van der Waals surface area (Å²) in [6.07, 6.45) is 2.56. The molecule has 0 nitrogen and oxygen atoms in total. The highest BCUT2D eigenvalue weighted by Gasteiger charge is 2.11. The predicted molar refractivity (Wildman–Crippen MR) is 94.7 cm³/mol. The Balaban J connectivity index is 1.94. The summed E-state index contributed by atoms with van der Waals surface area (Å²) in [5.74, 6) is 1.54. The van der Waals surface area contributed by atoms with Gasteiger partial charge in [0, 0.05) is 5.56 Å². The number of aryl methyl sites for hydroxylation is 1. The highest BCUT2D eigenvalue weighted by Crippen LogP contribution is 2.20. The molecule has 0 heterocycles. The van der Waals surface area contributed by atoms with Crippen molar-refractivity contribution in [2.45, 2.75) is 12.8 Å². The number of hydrogen-bond donors (Lipinski definition) is 0. The van der Waals surface area contributed by atoms with E-state index in [1.807, 2.05) is 0 Å². The van der Waals surface area contributed by atoms with Gasteiger partial charge in [-0.15, -0.1) is 6.58 Å². The van der Waals surface area contributed by atoms with E-state index in [1.54, 1.807) is 24.3 Å². The Morgan fingerprint density at radius 3 is 2.27 bits per heavy atom. The van der Waals surface area contributed by atoms with Crippen molar-refractivity contribution < 1.29 is 17.6 Å². The van der Waals surface area contributed by atoms with Crippen LogP contribution in [0.15, 0.2) is 55.1 Å². The molecule has 0 atom stereocenters. The summed E-state index contributed by atoms with van der Waals surface area (Å²) < 4.78 is 54.8. The van der Waals surface area contributed by atoms with Gasteiger partial charge in [0.1, 0.15) is 0 Å². The van der Waals surface area contributed by atoms with Gasteiger partial charge in [-0.1, -0.05) is 30.0 Å². The van der Waals surface area contributed by atoms with E-state index in [4.69, 9.17) is 0 Å². The summed E-state index contributed by atoms with van der Waals surface area (Å²) in [7, 11) is 0. The van der Waals surface area contributed by atoms with Gasteiger partial charge < -0.3 is 0 Å². The molecule has 0 saturated heterocycles. The van der Waals surface area contributed by atoms with E-state index in [0.29, 0.717) is 29.2 Å². The predicted octanol–water partition coefficient (Wildman–Crippen LogP) is 5.91. The zero-order chi connectivity index (χ0) is 18.7. The number of allylic oxidation sites excluding steroid dienone is 1. The zero-order valence-electron chi connectivity index (χ0n) is 13.8. The molecule has 4 heteroatoms. The molecule has 3 rings (SSSR count). The molecule has 0 aliphatic carbocycles. The number of rotatable bonds is 3. The summed E-state index contributed by atoms with van der Waals surface area (Å²) in [5.41, 5.74) is 0.699. The minimum Gasteiger partial charge on any atom is -0.204 e. The SMILES string of the molecule is C=CCCc1ccc(C#Cc2ccc3cc(F)c(F)cc3c2)c(F)c1F. The maximum atomic E-state index is 14.1. The zero-order valence-corrected chi connectivity index (χ0v) is 13.8. The summed E-state index contributed by atoms with van der Waals surface area (Å²) in [4.78, 5) is 0. The molecule has 0 bridgehead atoms. The molecule has 0 saturated carbocycles. The van der Waals surface area contributed by atoms with E-state index in [-0.39, 0.29) is 11.1 Å². The van der Waals surface area contributed by atoms with Crippen molar-refractivity contribution in [3.63, 3.8) is 0 Å². The molecule has 0 spiro atoms. The fraction of sp³-hybridized carbons (Fsp3) is 0.0909. The molecule has 0 unspecified atom stereocenters. The average Bonchev–Trinajstić information content (AvgIpc) is 2.63. The highest BCUT2D eigenvalue weighted by molar-refractivity contribution is 5.84. The van der Waals surface area contributed by atoms with E-state index in [2.05, 4.69) is 18.4 Å². The maximum absolute atomic E-state index is 14.1. The first-order valence-electron chi connectivity index (χ1n) is 7.98. The summed E-state index contributed by atoms with van der Waals surface area (Å²) in [6.45, 7) is 3.56. The van der Waals surface area contributed by atoms with Crippen LogP contribution in [0, 0.1) is 35.1 Å². The maximum Gasteiger partial charge on any atom is 0.174 e. The van der Waals surface area contributed by atoms with Gasteiger partial charge in [0.05, 0.1) is 5.56 Å². The molecule has 0 fully saturated rings. The Labute approximate surface area is 148 Å². The Morgan fingerprint density at radius 2 is 1.54 bits per heavy atom. The Bertz CT molecular complexity index is 1060. The van der Waals surface area contributed by atoms with E-state index in [0.717, 1.165) is 12.1 Å². The summed E-state index contributed by atoms with van der Waals surface area (Å²) >= 11 is 0. The molecule has 130 valence electrons. The summed E-state index contributed by atoms with van der Waals surface area (Å²) in [6, 6.07) is 9.88. The second-order valence-corrected chi connectivity index (χ2v) is 5.81. The molecule has 0 N–H and O–H groups in total. The molecule has 3 aromatic carbocycles. The van der Waals surface area contributed by atoms with Gasteiger partial charge in [-0.3, -0.25) is 0 Å². The van der Waals surface area contributed by atoms with Crippen LogP contribution >= 0.6 is 0 Å². The lowest BCUT2D eigenvalue weighted by Crippen LogP contribution is -1.97. The van der Waals surface area contributed by atoms with Crippen LogP contribution in [0.5, 0.6) is 0 Å². The smallest absolute Gasteiger partial charge is 0.174 e. The van der Waals surface area contributed by atoms with Crippen LogP contribution in [0.1, 0.15) is 23.1 Å². The molecule has 26 heavy (non-hydrogen) atoms. The minimum atomic E-state index is -0.993. The minimum absolute atomic E-state index is 0.0600. The van der Waals surface area contributed by atoms with Crippen LogP contribution in [0.2, 0.25) is 0 Å². The van der Waals surface area contributed by atoms with Gasteiger partial charge in [-0.05, 0) is 59.5 Å². The fourth-order valence-electron chi connectivity index (χ4n) is 2.60. The van der Waals surface area contributed by atoms with E-state index in [9.17, 15) is 17.6 Å². The number of halogens is 4. The second kappa shape index (κ2) is 7.45. The van der Waals surface area contributed by atoms with Crippen molar-refractivity contribution in [1.82, 2.24) is 0 Å². The third-order valence-electron chi connectivity index (χ3n) is 4.00. The summed E-state index contributed by atoms with van der Waals surface area (Å²) in [5, 5.41) is 1.00. The first kappa shape index (κ1) is 17.8. The van der Waals surface area contributed by atoms with Crippen molar-refractivity contribution in [2.75, 3.05) is 0 Å². The number of benzene rings is 3.